The fraction of sp³-hybridized carbons (Fsp3) is 1.00. The van der Waals surface area contributed by atoms with Crippen molar-refractivity contribution in [3.63, 3.8) is 0 Å². The van der Waals surface area contributed by atoms with Crippen LogP contribution in [0.5, 0.6) is 0 Å². The zero-order valence-electron chi connectivity index (χ0n) is 6.95. The summed E-state index contributed by atoms with van der Waals surface area (Å²) in [7, 11) is 0. The number of hydrogen-bond donors (Lipinski definition) is 5. The summed E-state index contributed by atoms with van der Waals surface area (Å²) in [5.74, 6) is 0. The molecule has 0 aromatic carbocycles. The van der Waals surface area contributed by atoms with Crippen molar-refractivity contribution in [3.8, 4) is 0 Å². The maximum Gasteiger partial charge on any atom is 0.115 e. The van der Waals surface area contributed by atoms with E-state index in [4.69, 9.17) is 20.1 Å². The molecule has 1 fully saturated rings. The SMILES string of the molecule is OC[C@H](O)[C@H]1O[C@H](CO)[C@@H](O)[C@@H]1O. The van der Waals surface area contributed by atoms with Crippen molar-refractivity contribution in [1.82, 2.24) is 0 Å². The number of rotatable bonds is 3. The van der Waals surface area contributed by atoms with Crippen LogP contribution in [0.4, 0.5) is 0 Å². The van der Waals surface area contributed by atoms with Crippen LogP contribution in [0.15, 0.2) is 0 Å². The van der Waals surface area contributed by atoms with Crippen molar-refractivity contribution in [2.24, 2.45) is 0 Å². The molecule has 0 saturated carbocycles. The van der Waals surface area contributed by atoms with Gasteiger partial charge in [0, 0.05) is 0 Å². The van der Waals surface area contributed by atoms with Crippen molar-refractivity contribution in [2.45, 2.75) is 30.5 Å². The first-order valence-corrected chi connectivity index (χ1v) is 4.03. The lowest BCUT2D eigenvalue weighted by atomic mass is 10.0. The Morgan fingerprint density at radius 2 is 1.77 bits per heavy atom. The lowest BCUT2D eigenvalue weighted by Gasteiger charge is -2.18. The number of ether oxygens (including phenoxy) is 1. The van der Waals surface area contributed by atoms with Crippen LogP contribution in [0.3, 0.4) is 0 Å². The first-order valence-electron chi connectivity index (χ1n) is 4.03. The molecule has 1 aliphatic heterocycles. The highest BCUT2D eigenvalue weighted by atomic mass is 16.6. The zero-order valence-corrected chi connectivity index (χ0v) is 6.95. The summed E-state index contributed by atoms with van der Waals surface area (Å²) in [6.07, 6.45) is -5.70. The highest BCUT2D eigenvalue weighted by Crippen LogP contribution is 2.23. The topological polar surface area (TPSA) is 110 Å². The molecule has 6 nitrogen and oxygen atoms in total. The van der Waals surface area contributed by atoms with Crippen LogP contribution < -0.4 is 0 Å². The lowest BCUT2D eigenvalue weighted by molar-refractivity contribution is -0.0884. The molecule has 0 bridgehead atoms. The largest absolute Gasteiger partial charge is 0.394 e. The van der Waals surface area contributed by atoms with E-state index in [1.165, 1.54) is 0 Å². The average Bonchev–Trinajstić information content (AvgIpc) is 2.43. The first-order chi connectivity index (χ1) is 6.11. The summed E-state index contributed by atoms with van der Waals surface area (Å²) in [5.41, 5.74) is 0. The van der Waals surface area contributed by atoms with Crippen LogP contribution in [0.2, 0.25) is 0 Å². The van der Waals surface area contributed by atoms with Crippen molar-refractivity contribution in [1.29, 1.82) is 0 Å². The van der Waals surface area contributed by atoms with Crippen molar-refractivity contribution >= 4 is 0 Å². The standard InChI is InChI=1S/C7H14O6/c8-1-3(10)7-6(12)5(11)4(2-9)13-7/h3-12H,1-2H2/t3-,4+,5+,6-,7+/m0/s1. The monoisotopic (exact) mass is 194 g/mol. The van der Waals surface area contributed by atoms with Gasteiger partial charge < -0.3 is 30.3 Å². The Bertz CT molecular complexity index is 163. The van der Waals surface area contributed by atoms with E-state index in [-0.39, 0.29) is 0 Å². The summed E-state index contributed by atoms with van der Waals surface area (Å²) in [5, 5.41) is 44.9. The van der Waals surface area contributed by atoms with Gasteiger partial charge in [0.05, 0.1) is 13.2 Å². The first kappa shape index (κ1) is 10.8. The smallest absolute Gasteiger partial charge is 0.115 e. The van der Waals surface area contributed by atoms with E-state index in [1.807, 2.05) is 0 Å². The molecular formula is C7H14O6. The fourth-order valence-corrected chi connectivity index (χ4v) is 1.35. The van der Waals surface area contributed by atoms with Gasteiger partial charge in [-0.3, -0.25) is 0 Å². The minimum Gasteiger partial charge on any atom is -0.394 e. The summed E-state index contributed by atoms with van der Waals surface area (Å²) in [6, 6.07) is 0. The minimum atomic E-state index is -1.28. The molecule has 0 spiro atoms. The second-order valence-corrected chi connectivity index (χ2v) is 3.05. The quantitative estimate of drug-likeness (QED) is 0.324. The van der Waals surface area contributed by atoms with Crippen molar-refractivity contribution in [3.05, 3.63) is 0 Å². The Balaban J connectivity index is 2.60. The zero-order chi connectivity index (χ0) is 10.0. The van der Waals surface area contributed by atoms with E-state index in [2.05, 4.69) is 0 Å². The molecule has 1 heterocycles. The third-order valence-corrected chi connectivity index (χ3v) is 2.15. The molecule has 5 N–H and O–H groups in total. The van der Waals surface area contributed by atoms with Crippen LogP contribution in [0.25, 0.3) is 0 Å². The average molecular weight is 194 g/mol. The van der Waals surface area contributed by atoms with Crippen molar-refractivity contribution < 1.29 is 30.3 Å². The molecule has 0 aromatic heterocycles. The summed E-state index contributed by atoms with van der Waals surface area (Å²) in [4.78, 5) is 0. The fourth-order valence-electron chi connectivity index (χ4n) is 1.35. The second kappa shape index (κ2) is 4.32. The lowest BCUT2D eigenvalue weighted by Crippen LogP contribution is -2.40. The van der Waals surface area contributed by atoms with E-state index in [0.717, 1.165) is 0 Å². The molecular weight excluding hydrogens is 180 g/mol. The molecule has 6 heteroatoms. The Morgan fingerprint density at radius 3 is 2.15 bits per heavy atom. The molecule has 1 aliphatic rings. The van der Waals surface area contributed by atoms with Gasteiger partial charge in [-0.05, 0) is 0 Å². The van der Waals surface area contributed by atoms with E-state index < -0.39 is 43.7 Å². The molecule has 0 radical (unpaired) electrons. The molecule has 1 saturated heterocycles. The molecule has 0 amide bonds. The van der Waals surface area contributed by atoms with Crippen LogP contribution >= 0.6 is 0 Å². The van der Waals surface area contributed by atoms with Crippen molar-refractivity contribution in [2.75, 3.05) is 13.2 Å². The maximum atomic E-state index is 9.30. The van der Waals surface area contributed by atoms with E-state index in [9.17, 15) is 10.2 Å². The summed E-state index contributed by atoms with van der Waals surface area (Å²) < 4.78 is 4.93. The number of aliphatic hydroxyl groups is 5. The van der Waals surface area contributed by atoms with Gasteiger partial charge in [-0.25, -0.2) is 0 Å². The predicted octanol–water partition coefficient (Wildman–Crippen LogP) is -3.18. The number of aliphatic hydroxyl groups excluding tert-OH is 5. The summed E-state index contributed by atoms with van der Waals surface area (Å²) in [6.45, 7) is -1.00. The van der Waals surface area contributed by atoms with Gasteiger partial charge in [-0.2, -0.15) is 0 Å². The molecule has 0 unspecified atom stereocenters. The van der Waals surface area contributed by atoms with Crippen LogP contribution in [-0.2, 0) is 4.74 Å². The van der Waals surface area contributed by atoms with Gasteiger partial charge in [0.15, 0.2) is 0 Å². The van der Waals surface area contributed by atoms with Crippen LogP contribution in [0, 0.1) is 0 Å². The Labute approximate surface area is 75.0 Å². The van der Waals surface area contributed by atoms with Gasteiger partial charge >= 0.3 is 0 Å². The van der Waals surface area contributed by atoms with Gasteiger partial charge in [0.25, 0.3) is 0 Å². The van der Waals surface area contributed by atoms with E-state index >= 15 is 0 Å². The van der Waals surface area contributed by atoms with Crippen LogP contribution in [-0.4, -0.2) is 69.3 Å². The molecule has 0 aromatic rings. The van der Waals surface area contributed by atoms with E-state index in [1.54, 1.807) is 0 Å². The second-order valence-electron chi connectivity index (χ2n) is 3.05. The minimum absolute atomic E-state index is 0.438. The highest BCUT2D eigenvalue weighted by Gasteiger charge is 2.45. The maximum absolute atomic E-state index is 9.30. The normalized spacial score (nSPS) is 42.2. The molecule has 13 heavy (non-hydrogen) atoms. The third-order valence-electron chi connectivity index (χ3n) is 2.15. The Morgan fingerprint density at radius 1 is 1.15 bits per heavy atom. The predicted molar refractivity (Wildman–Crippen MR) is 40.9 cm³/mol. The summed E-state index contributed by atoms with van der Waals surface area (Å²) >= 11 is 0. The Hall–Kier alpha value is -0.240. The van der Waals surface area contributed by atoms with Gasteiger partial charge in [0.1, 0.15) is 30.5 Å². The molecule has 0 aliphatic carbocycles. The molecule has 1 rings (SSSR count). The van der Waals surface area contributed by atoms with Gasteiger partial charge in [-0.1, -0.05) is 0 Å². The molecule has 5 atom stereocenters. The third kappa shape index (κ3) is 1.98. The number of hydrogen-bond acceptors (Lipinski definition) is 6. The molecule has 78 valence electrons. The van der Waals surface area contributed by atoms with Gasteiger partial charge in [-0.15, -0.1) is 0 Å². The van der Waals surface area contributed by atoms with Gasteiger partial charge in [0.2, 0.25) is 0 Å². The van der Waals surface area contributed by atoms with E-state index in [0.29, 0.717) is 0 Å². The highest BCUT2D eigenvalue weighted by molar-refractivity contribution is 4.93. The van der Waals surface area contributed by atoms with Crippen LogP contribution in [0.1, 0.15) is 0 Å². The Kier molecular flexibility index (Phi) is 3.60.